The van der Waals surface area contributed by atoms with Crippen LogP contribution in [0.1, 0.15) is 16.2 Å². The molecule has 3 aromatic rings. The van der Waals surface area contributed by atoms with Crippen LogP contribution in [-0.2, 0) is 11.3 Å². The Bertz CT molecular complexity index is 829. The molecular formula is C17H13ClN2O4. The molecule has 0 unspecified atom stereocenters. The number of carbonyl (C=O) groups excluding carboxylic acids is 1. The van der Waals surface area contributed by atoms with E-state index in [9.17, 15) is 4.79 Å². The number of hydrogen-bond donors (Lipinski definition) is 0. The lowest BCUT2D eigenvalue weighted by molar-refractivity contribution is 0.0430. The molecule has 0 saturated heterocycles. The number of halogens is 1. The summed E-state index contributed by atoms with van der Waals surface area (Å²) in [6.45, 7) is -0.106. The predicted octanol–water partition coefficient (Wildman–Crippen LogP) is 3.76. The molecule has 0 saturated carbocycles. The first kappa shape index (κ1) is 16.0. The smallest absolute Gasteiger partial charge is 0.338 e. The quantitative estimate of drug-likeness (QED) is 0.656. The van der Waals surface area contributed by atoms with Gasteiger partial charge in [0.15, 0.2) is 6.61 Å². The Morgan fingerprint density at radius 1 is 1.12 bits per heavy atom. The summed E-state index contributed by atoms with van der Waals surface area (Å²) in [6, 6.07) is 13.6. The van der Waals surface area contributed by atoms with Crippen LogP contribution >= 0.6 is 11.6 Å². The fourth-order valence-electron chi connectivity index (χ4n) is 1.97. The molecule has 7 heteroatoms. The molecule has 0 bridgehead atoms. The highest BCUT2D eigenvalue weighted by atomic mass is 35.5. The van der Waals surface area contributed by atoms with Gasteiger partial charge < -0.3 is 14.0 Å². The molecule has 2 aromatic carbocycles. The number of esters is 1. The number of nitrogens with zero attached hydrogens (tertiary/aromatic N) is 2. The van der Waals surface area contributed by atoms with Crippen LogP contribution in [0.25, 0.3) is 11.4 Å². The molecule has 0 aliphatic heterocycles. The van der Waals surface area contributed by atoms with Gasteiger partial charge in [-0.05, 0) is 48.5 Å². The standard InChI is InChI=1S/C17H13ClN2O4/c1-22-14-8-4-12(5-9-14)17(21)23-10-15-19-16(20-24-15)11-2-6-13(18)7-3-11/h2-9H,10H2,1H3. The Morgan fingerprint density at radius 2 is 1.83 bits per heavy atom. The van der Waals surface area contributed by atoms with Crippen LogP contribution in [0.4, 0.5) is 0 Å². The van der Waals surface area contributed by atoms with Crippen LogP contribution in [0.3, 0.4) is 0 Å². The van der Waals surface area contributed by atoms with Gasteiger partial charge in [-0.3, -0.25) is 0 Å². The highest BCUT2D eigenvalue weighted by molar-refractivity contribution is 6.30. The Balaban J connectivity index is 1.62. The Kier molecular flexibility index (Phi) is 4.77. The number of rotatable bonds is 5. The zero-order valence-electron chi connectivity index (χ0n) is 12.7. The Hall–Kier alpha value is -2.86. The van der Waals surface area contributed by atoms with E-state index in [0.717, 1.165) is 5.56 Å². The van der Waals surface area contributed by atoms with Crippen LogP contribution in [0.15, 0.2) is 53.1 Å². The molecular weight excluding hydrogens is 332 g/mol. The molecule has 0 amide bonds. The third kappa shape index (κ3) is 3.72. The van der Waals surface area contributed by atoms with Crippen molar-refractivity contribution in [1.29, 1.82) is 0 Å². The zero-order chi connectivity index (χ0) is 16.9. The fourth-order valence-corrected chi connectivity index (χ4v) is 2.09. The molecule has 0 spiro atoms. The van der Waals surface area contributed by atoms with Crippen LogP contribution in [0, 0.1) is 0 Å². The number of carbonyl (C=O) groups is 1. The average Bonchev–Trinajstić information content (AvgIpc) is 3.09. The average molecular weight is 345 g/mol. The number of methoxy groups -OCH3 is 1. The van der Waals surface area contributed by atoms with Crippen molar-refractivity contribution < 1.29 is 18.8 Å². The van der Waals surface area contributed by atoms with Crippen LogP contribution in [0.2, 0.25) is 5.02 Å². The van der Waals surface area contributed by atoms with Crippen molar-refractivity contribution in [2.24, 2.45) is 0 Å². The van der Waals surface area contributed by atoms with E-state index in [2.05, 4.69) is 10.1 Å². The molecule has 3 rings (SSSR count). The summed E-state index contributed by atoms with van der Waals surface area (Å²) < 4.78 is 15.3. The third-order valence-electron chi connectivity index (χ3n) is 3.22. The first-order valence-electron chi connectivity index (χ1n) is 7.05. The van der Waals surface area contributed by atoms with Crippen molar-refractivity contribution in [3.8, 4) is 17.1 Å². The lowest BCUT2D eigenvalue weighted by atomic mass is 10.2. The molecule has 122 valence electrons. The van der Waals surface area contributed by atoms with Crippen molar-refractivity contribution in [3.63, 3.8) is 0 Å². The maximum Gasteiger partial charge on any atom is 0.338 e. The number of benzene rings is 2. The van der Waals surface area contributed by atoms with Crippen molar-refractivity contribution in [2.75, 3.05) is 7.11 Å². The minimum absolute atomic E-state index is 0.106. The van der Waals surface area contributed by atoms with Crippen molar-refractivity contribution in [2.45, 2.75) is 6.61 Å². The van der Waals surface area contributed by atoms with E-state index < -0.39 is 5.97 Å². The van der Waals surface area contributed by atoms with Crippen molar-refractivity contribution in [1.82, 2.24) is 10.1 Å². The maximum atomic E-state index is 12.0. The van der Waals surface area contributed by atoms with Crippen molar-refractivity contribution >= 4 is 17.6 Å². The molecule has 0 radical (unpaired) electrons. The van der Waals surface area contributed by atoms with Crippen LogP contribution in [0.5, 0.6) is 5.75 Å². The summed E-state index contributed by atoms with van der Waals surface area (Å²) in [5.74, 6) is 0.795. The molecule has 24 heavy (non-hydrogen) atoms. The molecule has 0 aliphatic carbocycles. The molecule has 1 heterocycles. The summed E-state index contributed by atoms with van der Waals surface area (Å²) in [5.41, 5.74) is 1.17. The molecule has 0 atom stereocenters. The summed E-state index contributed by atoms with van der Waals surface area (Å²) in [7, 11) is 1.56. The van der Waals surface area contributed by atoms with Gasteiger partial charge in [0.25, 0.3) is 5.89 Å². The van der Waals surface area contributed by atoms with Gasteiger partial charge in [-0.25, -0.2) is 4.79 Å². The fraction of sp³-hybridized carbons (Fsp3) is 0.118. The SMILES string of the molecule is COc1ccc(C(=O)OCc2nc(-c3ccc(Cl)cc3)no2)cc1. The van der Waals surface area contributed by atoms with Gasteiger partial charge in [0.1, 0.15) is 5.75 Å². The zero-order valence-corrected chi connectivity index (χ0v) is 13.5. The lowest BCUT2D eigenvalue weighted by Crippen LogP contribution is -2.05. The molecule has 0 fully saturated rings. The van der Waals surface area contributed by atoms with Gasteiger partial charge in [-0.1, -0.05) is 16.8 Å². The topological polar surface area (TPSA) is 74.5 Å². The predicted molar refractivity (Wildman–Crippen MR) is 86.9 cm³/mol. The van der Waals surface area contributed by atoms with Crippen LogP contribution in [-0.4, -0.2) is 23.2 Å². The summed E-state index contributed by atoms with van der Waals surface area (Å²) >= 11 is 5.84. The van der Waals surface area contributed by atoms with Gasteiger partial charge >= 0.3 is 5.97 Å². The molecule has 0 N–H and O–H groups in total. The number of hydrogen-bond acceptors (Lipinski definition) is 6. The second-order valence-corrected chi connectivity index (χ2v) is 5.26. The van der Waals surface area contributed by atoms with Gasteiger partial charge in [-0.15, -0.1) is 0 Å². The van der Waals surface area contributed by atoms with E-state index in [1.807, 2.05) is 0 Å². The number of aromatic nitrogens is 2. The van der Waals surface area contributed by atoms with E-state index >= 15 is 0 Å². The highest BCUT2D eigenvalue weighted by Crippen LogP contribution is 2.19. The molecule has 1 aromatic heterocycles. The first-order chi connectivity index (χ1) is 11.7. The minimum Gasteiger partial charge on any atom is -0.497 e. The van der Waals surface area contributed by atoms with Gasteiger partial charge in [0.05, 0.1) is 12.7 Å². The normalized spacial score (nSPS) is 10.4. The van der Waals surface area contributed by atoms with Gasteiger partial charge in [0.2, 0.25) is 5.82 Å². The second kappa shape index (κ2) is 7.14. The molecule has 0 aliphatic rings. The van der Waals surface area contributed by atoms with E-state index in [4.69, 9.17) is 25.6 Å². The maximum absolute atomic E-state index is 12.0. The number of ether oxygens (including phenoxy) is 2. The Morgan fingerprint density at radius 3 is 2.50 bits per heavy atom. The van der Waals surface area contributed by atoms with E-state index in [-0.39, 0.29) is 12.5 Å². The lowest BCUT2D eigenvalue weighted by Gasteiger charge is -2.03. The largest absolute Gasteiger partial charge is 0.497 e. The summed E-state index contributed by atoms with van der Waals surface area (Å²) in [5, 5.41) is 4.47. The first-order valence-corrected chi connectivity index (χ1v) is 7.43. The van der Waals surface area contributed by atoms with Crippen LogP contribution < -0.4 is 4.74 Å². The molecule has 6 nitrogen and oxygen atoms in total. The van der Waals surface area contributed by atoms with Gasteiger partial charge in [0, 0.05) is 10.6 Å². The van der Waals surface area contributed by atoms with E-state index in [0.29, 0.717) is 22.2 Å². The van der Waals surface area contributed by atoms with Crippen molar-refractivity contribution in [3.05, 3.63) is 65.0 Å². The van der Waals surface area contributed by atoms with E-state index in [1.165, 1.54) is 0 Å². The monoisotopic (exact) mass is 344 g/mol. The second-order valence-electron chi connectivity index (χ2n) is 4.82. The highest BCUT2D eigenvalue weighted by Gasteiger charge is 2.12. The summed E-state index contributed by atoms with van der Waals surface area (Å²) in [4.78, 5) is 16.1. The third-order valence-corrected chi connectivity index (χ3v) is 3.47. The van der Waals surface area contributed by atoms with E-state index in [1.54, 1.807) is 55.6 Å². The summed E-state index contributed by atoms with van der Waals surface area (Å²) in [6.07, 6.45) is 0. The Labute approximate surface area is 143 Å². The van der Waals surface area contributed by atoms with Gasteiger partial charge in [-0.2, -0.15) is 4.98 Å². The minimum atomic E-state index is -0.483.